The number of carbonyl (C=O) groups excluding carboxylic acids is 2. The maximum Gasteiger partial charge on any atom is 0.175 e. The molecule has 2 aromatic rings. The average Bonchev–Trinajstić information content (AvgIpc) is 2.90. The van der Waals surface area contributed by atoms with Gasteiger partial charge in [-0.2, -0.15) is 0 Å². The van der Waals surface area contributed by atoms with Gasteiger partial charge in [0.1, 0.15) is 6.61 Å². The van der Waals surface area contributed by atoms with Gasteiger partial charge < -0.3 is 14.4 Å². The van der Waals surface area contributed by atoms with E-state index in [1.54, 1.807) is 0 Å². The molecule has 0 saturated carbocycles. The summed E-state index contributed by atoms with van der Waals surface area (Å²) < 4.78 is 14.1. The highest BCUT2D eigenvalue weighted by molar-refractivity contribution is 9.10. The van der Waals surface area contributed by atoms with E-state index in [2.05, 4.69) is 43.7 Å². The number of allylic oxidation sites excluding steroid dienone is 4. The standard InChI is InChI=1S/C31H33Br2NO4/c1-3-15-34-23-11-7-13-25(35)29(23)28(30-24(34)12-8-14-26(30)36)20-16-22(33)31(27(17-20)37-4-2)38-18-19-9-5-6-10-21(19)32/h5-6,9-10,16-17,28H,3-4,7-8,11-15,18H2,1-2H3. The highest BCUT2D eigenvalue weighted by Gasteiger charge is 2.43. The van der Waals surface area contributed by atoms with Crippen LogP contribution in [0.2, 0.25) is 0 Å². The topological polar surface area (TPSA) is 55.8 Å². The molecule has 0 N–H and O–H groups in total. The molecule has 0 radical (unpaired) electrons. The normalized spacial score (nSPS) is 18.1. The van der Waals surface area contributed by atoms with Crippen molar-refractivity contribution in [1.82, 2.24) is 4.90 Å². The minimum Gasteiger partial charge on any atom is -0.490 e. The van der Waals surface area contributed by atoms with E-state index in [9.17, 15) is 9.59 Å². The lowest BCUT2D eigenvalue weighted by molar-refractivity contribution is -0.117. The quantitative estimate of drug-likeness (QED) is 0.292. The number of hydrogen-bond donors (Lipinski definition) is 0. The van der Waals surface area contributed by atoms with Crippen molar-refractivity contribution in [1.29, 1.82) is 0 Å². The Balaban J connectivity index is 1.62. The Bertz CT molecular complexity index is 1290. The molecule has 1 heterocycles. The lowest BCUT2D eigenvalue weighted by Crippen LogP contribution is -2.39. The maximum absolute atomic E-state index is 13.5. The molecule has 7 heteroatoms. The highest BCUT2D eigenvalue weighted by atomic mass is 79.9. The van der Waals surface area contributed by atoms with Crippen LogP contribution in [0.1, 0.15) is 75.8 Å². The van der Waals surface area contributed by atoms with Crippen molar-refractivity contribution in [2.75, 3.05) is 13.2 Å². The van der Waals surface area contributed by atoms with E-state index in [4.69, 9.17) is 9.47 Å². The fourth-order valence-corrected chi connectivity index (χ4v) is 6.94. The third-order valence-corrected chi connectivity index (χ3v) is 8.89. The number of ketones is 2. The van der Waals surface area contributed by atoms with E-state index in [0.717, 1.165) is 81.3 Å². The number of ether oxygens (including phenoxy) is 2. The fourth-order valence-electron chi connectivity index (χ4n) is 5.97. The molecule has 3 aliphatic rings. The summed E-state index contributed by atoms with van der Waals surface area (Å²) in [4.78, 5) is 29.3. The van der Waals surface area contributed by atoms with Crippen LogP contribution in [0.4, 0.5) is 0 Å². The molecule has 5 rings (SSSR count). The minimum absolute atomic E-state index is 0.158. The first-order valence-corrected chi connectivity index (χ1v) is 15.2. The summed E-state index contributed by atoms with van der Waals surface area (Å²) >= 11 is 7.33. The van der Waals surface area contributed by atoms with Crippen LogP contribution in [0.25, 0.3) is 0 Å². The molecular weight excluding hydrogens is 610 g/mol. The summed E-state index contributed by atoms with van der Waals surface area (Å²) in [6, 6.07) is 11.9. The second-order valence-electron chi connectivity index (χ2n) is 10.0. The van der Waals surface area contributed by atoms with E-state index in [1.165, 1.54) is 0 Å². The molecule has 2 aliphatic carbocycles. The van der Waals surface area contributed by atoms with Gasteiger partial charge in [-0.15, -0.1) is 0 Å². The van der Waals surface area contributed by atoms with Crippen LogP contribution in [0.15, 0.2) is 67.9 Å². The van der Waals surface area contributed by atoms with Crippen LogP contribution in [-0.2, 0) is 16.2 Å². The molecule has 200 valence electrons. The SMILES string of the molecule is CCCN1C2=C(C(=O)CCC2)C(c2cc(Br)c(OCc3ccccc3Br)c(OCC)c2)C2=C1CCCC2=O. The van der Waals surface area contributed by atoms with Crippen molar-refractivity contribution in [3.63, 3.8) is 0 Å². The van der Waals surface area contributed by atoms with Crippen molar-refractivity contribution in [2.45, 2.75) is 71.3 Å². The van der Waals surface area contributed by atoms with Gasteiger partial charge in [0.15, 0.2) is 23.1 Å². The van der Waals surface area contributed by atoms with Crippen LogP contribution in [0.3, 0.4) is 0 Å². The van der Waals surface area contributed by atoms with Crippen molar-refractivity contribution in [3.05, 3.63) is 79.0 Å². The molecule has 0 unspecified atom stereocenters. The first-order valence-electron chi connectivity index (χ1n) is 13.6. The Kier molecular flexibility index (Phi) is 8.44. The average molecular weight is 643 g/mol. The third kappa shape index (κ3) is 5.12. The zero-order chi connectivity index (χ0) is 26.8. The number of benzene rings is 2. The Morgan fingerprint density at radius 2 is 1.53 bits per heavy atom. The van der Waals surface area contributed by atoms with Crippen LogP contribution in [-0.4, -0.2) is 29.6 Å². The Hall–Kier alpha value is -2.38. The van der Waals surface area contributed by atoms with E-state index < -0.39 is 0 Å². The van der Waals surface area contributed by atoms with Crippen LogP contribution in [0.5, 0.6) is 11.5 Å². The molecule has 0 aromatic heterocycles. The summed E-state index contributed by atoms with van der Waals surface area (Å²) in [5, 5.41) is 0. The van der Waals surface area contributed by atoms with Crippen molar-refractivity contribution in [2.24, 2.45) is 0 Å². The number of carbonyl (C=O) groups is 2. The number of Topliss-reactive ketones (excluding diaryl/α,β-unsaturated/α-hetero) is 2. The summed E-state index contributed by atoms with van der Waals surface area (Å²) in [5.41, 5.74) is 5.76. The minimum atomic E-state index is -0.374. The van der Waals surface area contributed by atoms with E-state index in [-0.39, 0.29) is 17.5 Å². The van der Waals surface area contributed by atoms with Gasteiger partial charge in [0.2, 0.25) is 0 Å². The monoisotopic (exact) mass is 641 g/mol. The predicted molar refractivity (Wildman–Crippen MR) is 155 cm³/mol. The van der Waals surface area contributed by atoms with Crippen LogP contribution in [0, 0.1) is 0 Å². The molecular formula is C31H33Br2NO4. The zero-order valence-electron chi connectivity index (χ0n) is 21.9. The molecule has 0 fully saturated rings. The first-order chi connectivity index (χ1) is 18.4. The number of hydrogen-bond acceptors (Lipinski definition) is 5. The van der Waals surface area contributed by atoms with E-state index >= 15 is 0 Å². The summed E-state index contributed by atoms with van der Waals surface area (Å²) in [6.07, 6.45) is 5.47. The molecule has 0 bridgehead atoms. The van der Waals surface area contributed by atoms with Gasteiger partial charge in [-0.05, 0) is 78.7 Å². The Labute approximate surface area is 241 Å². The van der Waals surface area contributed by atoms with Gasteiger partial charge in [0, 0.05) is 57.9 Å². The van der Waals surface area contributed by atoms with Gasteiger partial charge in [0.25, 0.3) is 0 Å². The molecule has 5 nitrogen and oxygen atoms in total. The van der Waals surface area contributed by atoms with Crippen molar-refractivity contribution in [3.8, 4) is 11.5 Å². The van der Waals surface area contributed by atoms with E-state index in [1.807, 2.05) is 43.3 Å². The fraction of sp³-hybridized carbons (Fsp3) is 0.419. The smallest absolute Gasteiger partial charge is 0.175 e. The maximum atomic E-state index is 13.5. The third-order valence-electron chi connectivity index (χ3n) is 7.53. The van der Waals surface area contributed by atoms with Crippen LogP contribution < -0.4 is 9.47 Å². The van der Waals surface area contributed by atoms with Crippen molar-refractivity contribution >= 4 is 43.4 Å². The molecule has 0 spiro atoms. The Morgan fingerprint density at radius 1 is 0.868 bits per heavy atom. The number of nitrogens with zero attached hydrogens (tertiary/aromatic N) is 1. The first kappa shape index (κ1) is 27.2. The molecule has 0 atom stereocenters. The Morgan fingerprint density at radius 3 is 2.13 bits per heavy atom. The van der Waals surface area contributed by atoms with E-state index in [0.29, 0.717) is 37.6 Å². The lowest BCUT2D eigenvalue weighted by Gasteiger charge is -2.44. The molecule has 1 aliphatic heterocycles. The van der Waals surface area contributed by atoms with Gasteiger partial charge in [0.05, 0.1) is 11.1 Å². The predicted octanol–water partition coefficient (Wildman–Crippen LogP) is 8.01. The van der Waals surface area contributed by atoms with Crippen LogP contribution >= 0.6 is 31.9 Å². The number of halogens is 2. The molecule has 0 amide bonds. The lowest BCUT2D eigenvalue weighted by atomic mass is 9.71. The summed E-state index contributed by atoms with van der Waals surface area (Å²) in [5.74, 6) is 1.16. The van der Waals surface area contributed by atoms with Gasteiger partial charge >= 0.3 is 0 Å². The largest absolute Gasteiger partial charge is 0.490 e. The molecule has 38 heavy (non-hydrogen) atoms. The summed E-state index contributed by atoms with van der Waals surface area (Å²) in [7, 11) is 0. The zero-order valence-corrected chi connectivity index (χ0v) is 25.1. The highest BCUT2D eigenvalue weighted by Crippen LogP contribution is 2.51. The van der Waals surface area contributed by atoms with Gasteiger partial charge in [-0.1, -0.05) is 41.1 Å². The van der Waals surface area contributed by atoms with Gasteiger partial charge in [-0.3, -0.25) is 9.59 Å². The van der Waals surface area contributed by atoms with Gasteiger partial charge in [-0.25, -0.2) is 0 Å². The number of rotatable bonds is 8. The second kappa shape index (κ2) is 11.8. The molecule has 0 saturated heterocycles. The second-order valence-corrected chi connectivity index (χ2v) is 11.7. The summed E-state index contributed by atoms with van der Waals surface area (Å²) in [6.45, 7) is 5.77. The van der Waals surface area contributed by atoms with Crippen molar-refractivity contribution < 1.29 is 19.1 Å². The molecule has 2 aromatic carbocycles.